The van der Waals surface area contributed by atoms with E-state index in [9.17, 15) is 0 Å². The molecule has 0 N–H and O–H groups in total. The van der Waals surface area contributed by atoms with E-state index in [0.29, 0.717) is 12.1 Å². The Balaban J connectivity index is 1.52. The minimum absolute atomic E-state index is 0.516. The van der Waals surface area contributed by atoms with Crippen molar-refractivity contribution in [2.45, 2.75) is 31.5 Å². The number of hydrogen-bond donors (Lipinski definition) is 0. The highest BCUT2D eigenvalue weighted by molar-refractivity contribution is 5.12. The van der Waals surface area contributed by atoms with Gasteiger partial charge in [0.1, 0.15) is 0 Å². The van der Waals surface area contributed by atoms with E-state index in [1.165, 1.54) is 17.5 Å². The van der Waals surface area contributed by atoms with Gasteiger partial charge in [0.2, 0.25) is 0 Å². The molecule has 0 unspecified atom stereocenters. The number of likely N-dealkylation sites (tertiary alicyclic amines) is 1. The van der Waals surface area contributed by atoms with Crippen LogP contribution in [0.25, 0.3) is 0 Å². The largest absolute Gasteiger partial charge is 0.472 e. The van der Waals surface area contributed by atoms with Crippen molar-refractivity contribution in [1.82, 2.24) is 19.6 Å². The molecule has 0 bridgehead atoms. The number of hydrogen-bond acceptors (Lipinski definition) is 5. The molecule has 2 aromatic heterocycles. The van der Waals surface area contributed by atoms with Crippen LogP contribution in [-0.4, -0.2) is 64.5 Å². The molecule has 0 aliphatic carbocycles. The lowest BCUT2D eigenvalue weighted by molar-refractivity contribution is 0.00788. The van der Waals surface area contributed by atoms with Crippen molar-refractivity contribution < 1.29 is 9.15 Å². The number of nitrogens with zero attached hydrogens (tertiary/aromatic N) is 4. The summed E-state index contributed by atoms with van der Waals surface area (Å²) in [7, 11) is 1.99. The van der Waals surface area contributed by atoms with Crippen LogP contribution in [-0.2, 0) is 24.8 Å². The molecule has 0 saturated carbocycles. The summed E-state index contributed by atoms with van der Waals surface area (Å²) < 4.78 is 12.7. The maximum Gasteiger partial charge on any atom is 0.0947 e. The summed E-state index contributed by atoms with van der Waals surface area (Å²) in [5.74, 6) is 0. The third-order valence-corrected chi connectivity index (χ3v) is 5.31. The fourth-order valence-corrected chi connectivity index (χ4v) is 4.13. The molecule has 2 fully saturated rings. The van der Waals surface area contributed by atoms with E-state index in [1.54, 1.807) is 6.26 Å². The van der Waals surface area contributed by atoms with Crippen LogP contribution in [0.15, 0.2) is 35.4 Å². The van der Waals surface area contributed by atoms with Crippen LogP contribution in [0.5, 0.6) is 0 Å². The highest BCUT2D eigenvalue weighted by Gasteiger charge is 2.38. The SMILES string of the molecule is Cn1cc(C[C@H]2[C@H](N3CCOCC3)CCN2Cc2ccoc2)cn1. The van der Waals surface area contributed by atoms with Gasteiger partial charge in [0.15, 0.2) is 0 Å². The summed E-state index contributed by atoms with van der Waals surface area (Å²) in [4.78, 5) is 5.23. The Kier molecular flexibility index (Phi) is 4.69. The Morgan fingerprint density at radius 2 is 2.08 bits per heavy atom. The summed E-state index contributed by atoms with van der Waals surface area (Å²) in [6.45, 7) is 5.91. The molecule has 2 aromatic rings. The van der Waals surface area contributed by atoms with Crippen molar-refractivity contribution in [3.8, 4) is 0 Å². The first-order valence-electron chi connectivity index (χ1n) is 8.84. The van der Waals surface area contributed by atoms with E-state index >= 15 is 0 Å². The first kappa shape index (κ1) is 15.9. The maximum absolute atomic E-state index is 5.55. The van der Waals surface area contributed by atoms with E-state index in [1.807, 2.05) is 24.2 Å². The maximum atomic E-state index is 5.55. The van der Waals surface area contributed by atoms with Gasteiger partial charge < -0.3 is 9.15 Å². The fraction of sp³-hybridized carbons (Fsp3) is 0.611. The fourth-order valence-electron chi connectivity index (χ4n) is 4.13. The van der Waals surface area contributed by atoms with E-state index in [0.717, 1.165) is 45.8 Å². The van der Waals surface area contributed by atoms with Gasteiger partial charge in [0.05, 0.1) is 31.9 Å². The van der Waals surface area contributed by atoms with Crippen molar-refractivity contribution in [3.05, 3.63) is 42.1 Å². The standard InChI is InChI=1S/C18H26N4O2/c1-20-12-16(11-19-20)10-18-17(21-5-8-23-9-6-21)2-4-22(18)13-15-3-7-24-14-15/h3,7,11-12,14,17-18H,2,4-6,8-10,13H2,1H3/t17-,18+/m1/s1. The minimum atomic E-state index is 0.516. The molecule has 6 heteroatoms. The predicted octanol–water partition coefficient (Wildman–Crippen LogP) is 1.53. The van der Waals surface area contributed by atoms with Gasteiger partial charge in [-0.3, -0.25) is 14.5 Å². The summed E-state index contributed by atoms with van der Waals surface area (Å²) in [6.07, 6.45) is 10.1. The molecule has 130 valence electrons. The Labute approximate surface area is 143 Å². The number of aryl methyl sites for hydroxylation is 1. The zero-order valence-electron chi connectivity index (χ0n) is 14.3. The molecule has 0 spiro atoms. The lowest BCUT2D eigenvalue weighted by Gasteiger charge is -2.37. The molecule has 4 heterocycles. The molecule has 0 amide bonds. The molecule has 24 heavy (non-hydrogen) atoms. The third kappa shape index (κ3) is 3.41. The topological polar surface area (TPSA) is 46.7 Å². The lowest BCUT2D eigenvalue weighted by atomic mass is 10.00. The number of morpholine rings is 1. The molecule has 2 atom stereocenters. The highest BCUT2D eigenvalue weighted by atomic mass is 16.5. The highest BCUT2D eigenvalue weighted by Crippen LogP contribution is 2.28. The van der Waals surface area contributed by atoms with Crippen molar-refractivity contribution in [2.75, 3.05) is 32.8 Å². The normalized spacial score (nSPS) is 26.2. The first-order valence-corrected chi connectivity index (χ1v) is 8.84. The summed E-state index contributed by atoms with van der Waals surface area (Å²) >= 11 is 0. The molecular weight excluding hydrogens is 304 g/mol. The Morgan fingerprint density at radius 1 is 1.21 bits per heavy atom. The predicted molar refractivity (Wildman–Crippen MR) is 90.6 cm³/mol. The summed E-state index contributed by atoms with van der Waals surface area (Å²) in [5, 5.41) is 4.35. The van der Waals surface area contributed by atoms with Gasteiger partial charge in [-0.1, -0.05) is 0 Å². The summed E-state index contributed by atoms with van der Waals surface area (Å²) in [6, 6.07) is 3.19. The zero-order valence-corrected chi connectivity index (χ0v) is 14.3. The second-order valence-corrected chi connectivity index (χ2v) is 6.90. The second-order valence-electron chi connectivity index (χ2n) is 6.90. The summed E-state index contributed by atoms with van der Waals surface area (Å²) in [5.41, 5.74) is 2.58. The van der Waals surface area contributed by atoms with Crippen molar-refractivity contribution >= 4 is 0 Å². The van der Waals surface area contributed by atoms with Gasteiger partial charge in [-0.15, -0.1) is 0 Å². The van der Waals surface area contributed by atoms with Gasteiger partial charge in [-0.25, -0.2) is 0 Å². The number of ether oxygens (including phenoxy) is 1. The Morgan fingerprint density at radius 3 is 2.79 bits per heavy atom. The molecular formula is C18H26N4O2. The lowest BCUT2D eigenvalue weighted by Crippen LogP contribution is -2.50. The monoisotopic (exact) mass is 330 g/mol. The second kappa shape index (κ2) is 7.09. The van der Waals surface area contributed by atoms with Crippen LogP contribution in [0.4, 0.5) is 0 Å². The molecule has 0 radical (unpaired) electrons. The van der Waals surface area contributed by atoms with Gasteiger partial charge in [0, 0.05) is 57.1 Å². The number of furan rings is 1. The van der Waals surface area contributed by atoms with Gasteiger partial charge in [-0.2, -0.15) is 5.10 Å². The van der Waals surface area contributed by atoms with Crippen LogP contribution >= 0.6 is 0 Å². The number of aromatic nitrogens is 2. The first-order chi connectivity index (χ1) is 11.8. The molecule has 2 aliphatic rings. The van der Waals surface area contributed by atoms with Crippen LogP contribution in [0.3, 0.4) is 0 Å². The Bertz CT molecular complexity index is 633. The van der Waals surface area contributed by atoms with E-state index in [2.05, 4.69) is 27.2 Å². The molecule has 4 rings (SSSR count). The average Bonchev–Trinajstić information content (AvgIpc) is 3.33. The van der Waals surface area contributed by atoms with Crippen molar-refractivity contribution in [1.29, 1.82) is 0 Å². The molecule has 2 aliphatic heterocycles. The quantitative estimate of drug-likeness (QED) is 0.832. The Hall–Kier alpha value is -1.63. The van der Waals surface area contributed by atoms with Crippen LogP contribution < -0.4 is 0 Å². The van der Waals surface area contributed by atoms with Crippen LogP contribution in [0.2, 0.25) is 0 Å². The third-order valence-electron chi connectivity index (χ3n) is 5.31. The smallest absolute Gasteiger partial charge is 0.0947 e. The van der Waals surface area contributed by atoms with E-state index in [-0.39, 0.29) is 0 Å². The number of rotatable bonds is 5. The minimum Gasteiger partial charge on any atom is -0.472 e. The van der Waals surface area contributed by atoms with Gasteiger partial charge >= 0.3 is 0 Å². The van der Waals surface area contributed by atoms with E-state index in [4.69, 9.17) is 9.15 Å². The van der Waals surface area contributed by atoms with Crippen LogP contribution in [0, 0.1) is 0 Å². The molecule has 6 nitrogen and oxygen atoms in total. The van der Waals surface area contributed by atoms with Gasteiger partial charge in [-0.05, 0) is 24.5 Å². The van der Waals surface area contributed by atoms with Crippen molar-refractivity contribution in [2.24, 2.45) is 7.05 Å². The van der Waals surface area contributed by atoms with E-state index < -0.39 is 0 Å². The molecule has 0 aromatic carbocycles. The average molecular weight is 330 g/mol. The zero-order chi connectivity index (χ0) is 16.4. The van der Waals surface area contributed by atoms with Crippen molar-refractivity contribution in [3.63, 3.8) is 0 Å². The molecule has 2 saturated heterocycles. The van der Waals surface area contributed by atoms with Gasteiger partial charge in [0.25, 0.3) is 0 Å². The van der Waals surface area contributed by atoms with Crippen LogP contribution in [0.1, 0.15) is 17.5 Å².